The normalized spacial score (nSPS) is 14.0. The molecule has 0 unspecified atom stereocenters. The van der Waals surface area contributed by atoms with Gasteiger partial charge in [0.2, 0.25) is 0 Å². The van der Waals surface area contributed by atoms with Gasteiger partial charge in [0.15, 0.2) is 0 Å². The van der Waals surface area contributed by atoms with Crippen LogP contribution in [0.25, 0.3) is 49.4 Å². The van der Waals surface area contributed by atoms with Gasteiger partial charge in [0.1, 0.15) is 5.71 Å². The monoisotopic (exact) mass is 526 g/mol. The van der Waals surface area contributed by atoms with Crippen LogP contribution in [0.15, 0.2) is 151 Å². The Hall–Kier alpha value is -5.61. The van der Waals surface area contributed by atoms with Gasteiger partial charge in [-0.3, -0.25) is 15.8 Å². The van der Waals surface area contributed by atoms with Crippen LogP contribution in [-0.4, -0.2) is 16.4 Å². The Bertz CT molecular complexity index is 1950. The summed E-state index contributed by atoms with van der Waals surface area (Å²) in [4.78, 5) is 4.19. The summed E-state index contributed by atoms with van der Waals surface area (Å²) in [5, 5.41) is 18.1. The van der Waals surface area contributed by atoms with Crippen LogP contribution in [0.1, 0.15) is 5.56 Å². The number of benzene rings is 5. The number of anilines is 1. The number of hydrazone groups is 1. The maximum Gasteiger partial charge on any atom is 0.108 e. The van der Waals surface area contributed by atoms with Crippen molar-refractivity contribution in [1.82, 2.24) is 4.98 Å². The molecule has 1 aliphatic carbocycles. The number of rotatable bonds is 5. The van der Waals surface area contributed by atoms with E-state index in [1.807, 2.05) is 54.7 Å². The third kappa shape index (κ3) is 4.62. The fraction of sp³-hybridized carbons (Fsp3) is 0. The van der Waals surface area contributed by atoms with Crippen molar-refractivity contribution < 1.29 is 0 Å². The number of fused-ring (bicyclic) bond motifs is 2. The molecule has 0 amide bonds. The summed E-state index contributed by atoms with van der Waals surface area (Å²) in [6.45, 7) is 0. The maximum atomic E-state index is 8.83. The molecule has 41 heavy (non-hydrogen) atoms. The fourth-order valence-corrected chi connectivity index (χ4v) is 5.54. The summed E-state index contributed by atoms with van der Waals surface area (Å²) in [6.07, 6.45) is 9.53. The van der Waals surface area contributed by atoms with Crippen LogP contribution in [0.2, 0.25) is 0 Å². The van der Waals surface area contributed by atoms with E-state index in [0.717, 1.165) is 28.0 Å². The molecule has 0 spiro atoms. The summed E-state index contributed by atoms with van der Waals surface area (Å²) in [7, 11) is 0. The molecule has 0 atom stereocenters. The highest BCUT2D eigenvalue weighted by atomic mass is 15.3. The molecule has 0 fully saturated rings. The van der Waals surface area contributed by atoms with Crippen LogP contribution in [0.4, 0.5) is 5.69 Å². The minimum absolute atomic E-state index is 0.363. The second-order valence-corrected chi connectivity index (χ2v) is 9.98. The zero-order valence-electron chi connectivity index (χ0n) is 22.3. The van der Waals surface area contributed by atoms with Gasteiger partial charge in [-0.15, -0.1) is 0 Å². The first-order valence-corrected chi connectivity index (χ1v) is 13.6. The number of pyridine rings is 1. The zero-order chi connectivity index (χ0) is 27.6. The van der Waals surface area contributed by atoms with E-state index in [1.54, 1.807) is 6.20 Å². The van der Waals surface area contributed by atoms with Crippen molar-refractivity contribution in [2.45, 2.75) is 0 Å². The Morgan fingerprint density at radius 3 is 1.78 bits per heavy atom. The lowest BCUT2D eigenvalue weighted by molar-refractivity contribution is 1.32. The van der Waals surface area contributed by atoms with Crippen LogP contribution in [0.5, 0.6) is 0 Å². The highest BCUT2D eigenvalue weighted by molar-refractivity contribution is 6.52. The lowest BCUT2D eigenvalue weighted by Crippen LogP contribution is -2.13. The average molecular weight is 527 g/mol. The topological polar surface area (TPSA) is 61.1 Å². The van der Waals surface area contributed by atoms with Crippen LogP contribution in [-0.2, 0) is 0 Å². The van der Waals surface area contributed by atoms with Crippen molar-refractivity contribution in [3.8, 4) is 22.3 Å². The Morgan fingerprint density at radius 1 is 0.561 bits per heavy atom. The molecule has 0 aliphatic heterocycles. The molecule has 194 valence electrons. The Labute approximate surface area is 238 Å². The Balaban J connectivity index is 1.24. The summed E-state index contributed by atoms with van der Waals surface area (Å²) in [5.41, 5.74) is 11.6. The lowest BCUT2D eigenvalue weighted by Gasteiger charge is -2.19. The highest BCUT2D eigenvalue weighted by Gasteiger charge is 2.19. The summed E-state index contributed by atoms with van der Waals surface area (Å²) in [5.74, 6) is 0. The maximum absolute atomic E-state index is 8.83. The van der Waals surface area contributed by atoms with Gasteiger partial charge in [-0.05, 0) is 85.3 Å². The summed E-state index contributed by atoms with van der Waals surface area (Å²) < 4.78 is 0. The molecule has 7 rings (SSSR count). The Morgan fingerprint density at radius 2 is 1.17 bits per heavy atom. The SMILES string of the molecule is N=C1C=C(c2c3ccccc3c(-c3ccccc3)c3ccccc23)C=CC1=NNc1ccc(-c2cccnc2)cc1. The van der Waals surface area contributed by atoms with E-state index in [0.29, 0.717) is 11.4 Å². The molecule has 1 aromatic heterocycles. The molecule has 0 saturated carbocycles. The number of nitrogens with zero attached hydrogens (tertiary/aromatic N) is 2. The molecule has 5 aromatic carbocycles. The van der Waals surface area contributed by atoms with Crippen LogP contribution < -0.4 is 5.43 Å². The quantitative estimate of drug-likeness (QED) is 0.134. The van der Waals surface area contributed by atoms with Crippen LogP contribution in [0.3, 0.4) is 0 Å². The third-order valence-electron chi connectivity index (χ3n) is 7.46. The van der Waals surface area contributed by atoms with Crippen molar-refractivity contribution in [2.75, 3.05) is 5.43 Å². The predicted molar refractivity (Wildman–Crippen MR) is 172 cm³/mol. The number of nitrogens with one attached hydrogen (secondary N) is 2. The molecule has 4 heteroatoms. The smallest absolute Gasteiger partial charge is 0.108 e. The third-order valence-corrected chi connectivity index (χ3v) is 7.46. The molecule has 0 saturated heterocycles. The van der Waals surface area contributed by atoms with E-state index in [4.69, 9.17) is 5.41 Å². The van der Waals surface area contributed by atoms with Crippen molar-refractivity contribution in [3.05, 3.63) is 151 Å². The molecule has 6 aromatic rings. The number of hydrogen-bond donors (Lipinski definition) is 2. The molecular weight excluding hydrogens is 500 g/mol. The van der Waals surface area contributed by atoms with Gasteiger partial charge < -0.3 is 0 Å². The molecule has 1 aliphatic rings. The van der Waals surface area contributed by atoms with Gasteiger partial charge in [0, 0.05) is 12.4 Å². The zero-order valence-corrected chi connectivity index (χ0v) is 22.3. The van der Waals surface area contributed by atoms with Gasteiger partial charge in [0.25, 0.3) is 0 Å². The largest absolute Gasteiger partial charge is 0.299 e. The van der Waals surface area contributed by atoms with E-state index < -0.39 is 0 Å². The first kappa shape index (κ1) is 24.4. The van der Waals surface area contributed by atoms with E-state index in [1.165, 1.54) is 32.7 Å². The first-order valence-electron chi connectivity index (χ1n) is 13.6. The molecule has 0 radical (unpaired) electrons. The van der Waals surface area contributed by atoms with Crippen molar-refractivity contribution in [1.29, 1.82) is 5.41 Å². The average Bonchev–Trinajstić information content (AvgIpc) is 3.04. The minimum Gasteiger partial charge on any atom is -0.299 e. The molecular formula is C37H26N4. The number of aromatic nitrogens is 1. The fourth-order valence-electron chi connectivity index (χ4n) is 5.54. The van der Waals surface area contributed by atoms with Gasteiger partial charge in [-0.1, -0.05) is 103 Å². The van der Waals surface area contributed by atoms with Crippen molar-refractivity contribution >= 4 is 44.2 Å². The van der Waals surface area contributed by atoms with E-state index in [-0.39, 0.29) is 0 Å². The second-order valence-electron chi connectivity index (χ2n) is 9.98. The van der Waals surface area contributed by atoms with Gasteiger partial charge in [-0.2, -0.15) is 5.10 Å². The lowest BCUT2D eigenvalue weighted by atomic mass is 9.84. The predicted octanol–water partition coefficient (Wildman–Crippen LogP) is 9.16. The van der Waals surface area contributed by atoms with E-state index in [2.05, 4.69) is 100 Å². The van der Waals surface area contributed by atoms with E-state index >= 15 is 0 Å². The number of allylic oxidation sites excluding steroid dienone is 4. The summed E-state index contributed by atoms with van der Waals surface area (Å²) >= 11 is 0. The van der Waals surface area contributed by atoms with Crippen LogP contribution in [0, 0.1) is 5.41 Å². The Kier molecular flexibility index (Phi) is 6.26. The van der Waals surface area contributed by atoms with Crippen LogP contribution >= 0.6 is 0 Å². The van der Waals surface area contributed by atoms with E-state index in [9.17, 15) is 0 Å². The van der Waals surface area contributed by atoms with Crippen molar-refractivity contribution in [2.24, 2.45) is 5.10 Å². The molecule has 0 bridgehead atoms. The summed E-state index contributed by atoms with van der Waals surface area (Å²) in [6, 6.07) is 39.7. The number of hydrogen-bond acceptors (Lipinski definition) is 4. The highest BCUT2D eigenvalue weighted by Crippen LogP contribution is 2.42. The molecule has 2 N–H and O–H groups in total. The van der Waals surface area contributed by atoms with Gasteiger partial charge in [-0.25, -0.2) is 0 Å². The molecule has 4 nitrogen and oxygen atoms in total. The van der Waals surface area contributed by atoms with Gasteiger partial charge >= 0.3 is 0 Å². The molecule has 1 heterocycles. The second kappa shape index (κ2) is 10.5. The minimum atomic E-state index is 0.363. The standard InChI is InChI=1S/C37H26N4/c38-34-23-27(18-21-35(34)41-40-29-19-16-25(17-20-29)28-11-8-22-39-24-28)37-32-14-6-4-12-30(32)36(26-9-2-1-3-10-26)31-13-5-7-15-33(31)37/h1-24,38,40H. The van der Waals surface area contributed by atoms with Crippen molar-refractivity contribution in [3.63, 3.8) is 0 Å². The van der Waals surface area contributed by atoms with Gasteiger partial charge in [0.05, 0.1) is 11.4 Å². The first-order chi connectivity index (χ1) is 20.3.